The van der Waals surface area contributed by atoms with Gasteiger partial charge < -0.3 is 10.1 Å². The van der Waals surface area contributed by atoms with Gasteiger partial charge in [0.15, 0.2) is 0 Å². The lowest BCUT2D eigenvalue weighted by Gasteiger charge is -2.09. The summed E-state index contributed by atoms with van der Waals surface area (Å²) in [5.41, 5.74) is 0.665. The van der Waals surface area contributed by atoms with Gasteiger partial charge >= 0.3 is 0 Å². The maximum absolute atomic E-state index is 11.8. The van der Waals surface area contributed by atoms with E-state index < -0.39 is 0 Å². The Kier molecular flexibility index (Phi) is 6.97. The minimum atomic E-state index is -0.0955. The molecule has 0 unspecified atom stereocenters. The summed E-state index contributed by atoms with van der Waals surface area (Å²) < 4.78 is 6.96. The number of nitrogens with zero attached hydrogens (tertiary/aromatic N) is 2. The molecule has 6 heteroatoms. The molecule has 0 amide bonds. The average molecular weight is 318 g/mol. The number of anilines is 1. The number of nitrogens with one attached hydrogen (secondary N) is 1. The lowest BCUT2D eigenvalue weighted by atomic mass is 10.2. The first kappa shape index (κ1) is 15.2. The van der Waals surface area contributed by atoms with Crippen LogP contribution in [0.4, 0.5) is 5.69 Å². The van der Waals surface area contributed by atoms with Gasteiger partial charge in [0.1, 0.15) is 4.47 Å². The van der Waals surface area contributed by atoms with E-state index in [0.29, 0.717) is 11.0 Å². The SMILES string of the molecule is CCn1ncc(NCCCCCOC)c(Br)c1=O. The van der Waals surface area contributed by atoms with Crippen molar-refractivity contribution < 1.29 is 4.74 Å². The fourth-order valence-electron chi connectivity index (χ4n) is 1.58. The highest BCUT2D eigenvalue weighted by atomic mass is 79.9. The third-order valence-corrected chi connectivity index (χ3v) is 3.39. The fourth-order valence-corrected chi connectivity index (χ4v) is 2.03. The Morgan fingerprint density at radius 3 is 2.89 bits per heavy atom. The topological polar surface area (TPSA) is 56.1 Å². The molecule has 0 saturated carbocycles. The number of methoxy groups -OCH3 is 1. The smallest absolute Gasteiger partial charge is 0.283 e. The summed E-state index contributed by atoms with van der Waals surface area (Å²) in [5.74, 6) is 0. The van der Waals surface area contributed by atoms with Crippen LogP contribution in [0.15, 0.2) is 15.5 Å². The van der Waals surface area contributed by atoms with Crippen molar-refractivity contribution in [2.75, 3.05) is 25.6 Å². The van der Waals surface area contributed by atoms with E-state index in [0.717, 1.165) is 38.1 Å². The average Bonchev–Trinajstić information content (AvgIpc) is 2.38. The molecule has 5 nitrogen and oxygen atoms in total. The van der Waals surface area contributed by atoms with E-state index in [2.05, 4.69) is 26.3 Å². The van der Waals surface area contributed by atoms with Crippen molar-refractivity contribution in [3.8, 4) is 0 Å². The second kappa shape index (κ2) is 8.26. The van der Waals surface area contributed by atoms with Crippen LogP contribution in [0.3, 0.4) is 0 Å². The monoisotopic (exact) mass is 317 g/mol. The number of unbranched alkanes of at least 4 members (excludes halogenated alkanes) is 2. The highest BCUT2D eigenvalue weighted by Crippen LogP contribution is 2.16. The van der Waals surface area contributed by atoms with Gasteiger partial charge in [0, 0.05) is 26.8 Å². The summed E-state index contributed by atoms with van der Waals surface area (Å²) in [5, 5.41) is 7.30. The summed E-state index contributed by atoms with van der Waals surface area (Å²) in [6, 6.07) is 0. The van der Waals surface area contributed by atoms with Gasteiger partial charge in [-0.1, -0.05) is 0 Å². The lowest BCUT2D eigenvalue weighted by Crippen LogP contribution is -2.23. The predicted molar refractivity (Wildman–Crippen MR) is 76.1 cm³/mol. The zero-order valence-corrected chi connectivity index (χ0v) is 12.5. The van der Waals surface area contributed by atoms with Crippen LogP contribution in [-0.4, -0.2) is 30.0 Å². The Balaban J connectivity index is 2.43. The summed E-state index contributed by atoms with van der Waals surface area (Å²) in [7, 11) is 1.71. The molecule has 1 rings (SSSR count). The molecule has 0 aromatic carbocycles. The minimum Gasteiger partial charge on any atom is -0.385 e. The van der Waals surface area contributed by atoms with Gasteiger partial charge in [-0.2, -0.15) is 5.10 Å². The second-order valence-corrected chi connectivity index (χ2v) is 4.77. The van der Waals surface area contributed by atoms with Crippen molar-refractivity contribution >= 4 is 21.6 Å². The van der Waals surface area contributed by atoms with Crippen molar-refractivity contribution in [3.05, 3.63) is 21.0 Å². The molecule has 1 aromatic heterocycles. The first-order chi connectivity index (χ1) is 8.70. The highest BCUT2D eigenvalue weighted by Gasteiger charge is 2.06. The van der Waals surface area contributed by atoms with Crippen LogP contribution in [0.5, 0.6) is 0 Å². The zero-order valence-electron chi connectivity index (χ0n) is 10.9. The summed E-state index contributed by atoms with van der Waals surface area (Å²) in [4.78, 5) is 11.8. The molecule has 0 aliphatic carbocycles. The molecule has 18 heavy (non-hydrogen) atoms. The van der Waals surface area contributed by atoms with Gasteiger partial charge in [-0.3, -0.25) is 4.79 Å². The first-order valence-electron chi connectivity index (χ1n) is 6.19. The Morgan fingerprint density at radius 2 is 2.22 bits per heavy atom. The molecular formula is C12H20BrN3O2. The summed E-state index contributed by atoms with van der Waals surface area (Å²) >= 11 is 3.31. The van der Waals surface area contributed by atoms with Crippen LogP contribution in [0.2, 0.25) is 0 Å². The lowest BCUT2D eigenvalue weighted by molar-refractivity contribution is 0.192. The normalized spacial score (nSPS) is 10.6. The number of hydrogen-bond donors (Lipinski definition) is 1. The molecule has 0 saturated heterocycles. The minimum absolute atomic E-state index is 0.0955. The van der Waals surface area contributed by atoms with E-state index in [1.165, 1.54) is 4.68 Å². The number of ether oxygens (including phenoxy) is 1. The van der Waals surface area contributed by atoms with Crippen LogP contribution in [-0.2, 0) is 11.3 Å². The van der Waals surface area contributed by atoms with E-state index >= 15 is 0 Å². The molecule has 102 valence electrons. The standard InChI is InChI=1S/C12H20BrN3O2/c1-3-16-12(17)11(13)10(9-15-16)14-7-5-4-6-8-18-2/h9,14H,3-8H2,1-2H3. The number of aryl methyl sites for hydroxylation is 1. The summed E-state index contributed by atoms with van der Waals surface area (Å²) in [6.45, 7) is 4.11. The molecule has 0 radical (unpaired) electrons. The van der Waals surface area contributed by atoms with Crippen LogP contribution in [0.25, 0.3) is 0 Å². The molecule has 0 bridgehead atoms. The van der Waals surface area contributed by atoms with Gasteiger partial charge in [-0.15, -0.1) is 0 Å². The maximum atomic E-state index is 11.8. The third kappa shape index (κ3) is 4.42. The largest absolute Gasteiger partial charge is 0.385 e. The van der Waals surface area contributed by atoms with Crippen LogP contribution in [0, 0.1) is 0 Å². The zero-order chi connectivity index (χ0) is 13.4. The number of hydrogen-bond acceptors (Lipinski definition) is 4. The van der Waals surface area contributed by atoms with Crippen LogP contribution >= 0.6 is 15.9 Å². The molecule has 0 fully saturated rings. The first-order valence-corrected chi connectivity index (χ1v) is 6.98. The molecule has 1 aromatic rings. The van der Waals surface area contributed by atoms with Gasteiger partial charge in [0.25, 0.3) is 5.56 Å². The van der Waals surface area contributed by atoms with E-state index in [-0.39, 0.29) is 5.56 Å². The van der Waals surface area contributed by atoms with E-state index in [9.17, 15) is 4.79 Å². The Morgan fingerprint density at radius 1 is 1.44 bits per heavy atom. The van der Waals surface area contributed by atoms with Crippen LogP contribution in [0.1, 0.15) is 26.2 Å². The Bertz CT molecular complexity index is 420. The van der Waals surface area contributed by atoms with Crippen molar-refractivity contribution in [2.45, 2.75) is 32.7 Å². The molecule has 1 heterocycles. The summed E-state index contributed by atoms with van der Waals surface area (Å²) in [6.07, 6.45) is 4.91. The fraction of sp³-hybridized carbons (Fsp3) is 0.667. The van der Waals surface area contributed by atoms with E-state index in [1.54, 1.807) is 13.3 Å². The number of rotatable bonds is 8. The molecule has 0 spiro atoms. The van der Waals surface area contributed by atoms with Gasteiger partial charge in [0.05, 0.1) is 11.9 Å². The van der Waals surface area contributed by atoms with Gasteiger partial charge in [-0.25, -0.2) is 4.68 Å². The van der Waals surface area contributed by atoms with E-state index in [4.69, 9.17) is 4.74 Å². The molecule has 1 N–H and O–H groups in total. The highest BCUT2D eigenvalue weighted by molar-refractivity contribution is 9.10. The van der Waals surface area contributed by atoms with E-state index in [1.807, 2.05) is 6.92 Å². The third-order valence-electron chi connectivity index (χ3n) is 2.63. The second-order valence-electron chi connectivity index (χ2n) is 3.97. The van der Waals surface area contributed by atoms with Crippen molar-refractivity contribution in [1.29, 1.82) is 0 Å². The quantitative estimate of drug-likeness (QED) is 0.747. The number of aromatic nitrogens is 2. The van der Waals surface area contributed by atoms with Crippen molar-refractivity contribution in [2.24, 2.45) is 0 Å². The Hall–Kier alpha value is -0.880. The van der Waals surface area contributed by atoms with Crippen molar-refractivity contribution in [3.63, 3.8) is 0 Å². The van der Waals surface area contributed by atoms with Gasteiger partial charge in [0.2, 0.25) is 0 Å². The van der Waals surface area contributed by atoms with Crippen LogP contribution < -0.4 is 10.9 Å². The molecular weight excluding hydrogens is 298 g/mol. The van der Waals surface area contributed by atoms with Gasteiger partial charge in [-0.05, 0) is 42.1 Å². The predicted octanol–water partition coefficient (Wildman–Crippen LogP) is 2.25. The van der Waals surface area contributed by atoms with Crippen molar-refractivity contribution in [1.82, 2.24) is 9.78 Å². The molecule has 0 atom stereocenters. The maximum Gasteiger partial charge on any atom is 0.283 e. The molecule has 0 aliphatic heterocycles. The Labute approximate surface area is 116 Å². The molecule has 0 aliphatic rings. The number of halogens is 1.